The number of benzene rings is 1. The maximum Gasteiger partial charge on any atom is 0.227 e. The van der Waals surface area contributed by atoms with Gasteiger partial charge < -0.3 is 15.2 Å². The Balaban J connectivity index is 1.81. The molecule has 5 heteroatoms. The number of aromatic nitrogens is 1. The van der Waals surface area contributed by atoms with Crippen LogP contribution in [0.2, 0.25) is 0 Å². The van der Waals surface area contributed by atoms with Gasteiger partial charge in [0, 0.05) is 31.6 Å². The van der Waals surface area contributed by atoms with Gasteiger partial charge in [0.05, 0.1) is 5.41 Å². The first-order valence-corrected chi connectivity index (χ1v) is 8.08. The summed E-state index contributed by atoms with van der Waals surface area (Å²) >= 11 is 0. The number of nitrogens with one attached hydrogen (secondary N) is 2. The normalized spacial score (nSPS) is 21.1. The minimum atomic E-state index is -0.447. The molecule has 2 heterocycles. The average molecular weight is 313 g/mol. The van der Waals surface area contributed by atoms with Gasteiger partial charge in [0.1, 0.15) is 11.5 Å². The summed E-state index contributed by atoms with van der Waals surface area (Å²) in [6, 6.07) is 10.1. The summed E-state index contributed by atoms with van der Waals surface area (Å²) in [6.45, 7) is 3.69. The summed E-state index contributed by atoms with van der Waals surface area (Å²) in [7, 11) is 1.69. The molecule has 0 saturated carbocycles. The van der Waals surface area contributed by atoms with E-state index < -0.39 is 5.41 Å². The van der Waals surface area contributed by atoms with Crippen LogP contribution < -0.4 is 10.6 Å². The van der Waals surface area contributed by atoms with Crippen molar-refractivity contribution >= 4 is 5.91 Å². The summed E-state index contributed by atoms with van der Waals surface area (Å²) in [4.78, 5) is 12.4. The van der Waals surface area contributed by atoms with E-state index in [0.29, 0.717) is 13.0 Å². The minimum absolute atomic E-state index is 0.0676. The zero-order valence-corrected chi connectivity index (χ0v) is 13.7. The summed E-state index contributed by atoms with van der Waals surface area (Å²) in [6.07, 6.45) is 2.42. The van der Waals surface area contributed by atoms with E-state index in [0.717, 1.165) is 36.4 Å². The van der Waals surface area contributed by atoms with E-state index in [1.165, 1.54) is 5.56 Å². The Morgan fingerprint density at radius 2 is 2.17 bits per heavy atom. The molecule has 0 unspecified atom stereocenters. The van der Waals surface area contributed by atoms with E-state index in [1.54, 1.807) is 7.05 Å². The van der Waals surface area contributed by atoms with Crippen LogP contribution in [0.4, 0.5) is 0 Å². The Labute approximate surface area is 136 Å². The van der Waals surface area contributed by atoms with Gasteiger partial charge in [0.25, 0.3) is 0 Å². The van der Waals surface area contributed by atoms with Crippen LogP contribution >= 0.6 is 0 Å². The molecule has 1 saturated heterocycles. The highest BCUT2D eigenvalue weighted by Crippen LogP contribution is 2.32. The SMILES string of the molecule is CNC(=O)[C@@]1(Cc2cc(-c3ccc(C)cc3)no2)CCCNC1. The quantitative estimate of drug-likeness (QED) is 0.909. The lowest BCUT2D eigenvalue weighted by Crippen LogP contribution is -2.51. The van der Waals surface area contributed by atoms with Crippen molar-refractivity contribution in [2.75, 3.05) is 20.1 Å². The summed E-state index contributed by atoms with van der Waals surface area (Å²) in [5, 5.41) is 10.3. The molecule has 3 rings (SSSR count). The van der Waals surface area contributed by atoms with Crippen molar-refractivity contribution in [3.63, 3.8) is 0 Å². The third kappa shape index (κ3) is 3.29. The summed E-state index contributed by atoms with van der Waals surface area (Å²) < 4.78 is 5.51. The van der Waals surface area contributed by atoms with Crippen molar-refractivity contribution in [3.05, 3.63) is 41.7 Å². The van der Waals surface area contributed by atoms with Crippen LogP contribution in [-0.4, -0.2) is 31.2 Å². The van der Waals surface area contributed by atoms with Crippen molar-refractivity contribution in [1.82, 2.24) is 15.8 Å². The Hall–Kier alpha value is -2.14. The number of hydrogen-bond acceptors (Lipinski definition) is 4. The Morgan fingerprint density at radius 1 is 1.39 bits per heavy atom. The molecule has 1 fully saturated rings. The van der Waals surface area contributed by atoms with Gasteiger partial charge in [-0.3, -0.25) is 4.79 Å². The Bertz CT molecular complexity index is 670. The molecule has 1 aliphatic heterocycles. The Kier molecular flexibility index (Phi) is 4.48. The lowest BCUT2D eigenvalue weighted by atomic mass is 9.76. The molecule has 0 spiro atoms. The molecule has 0 radical (unpaired) electrons. The number of aryl methyl sites for hydroxylation is 1. The number of nitrogens with zero attached hydrogens (tertiary/aromatic N) is 1. The largest absolute Gasteiger partial charge is 0.361 e. The predicted molar refractivity (Wildman–Crippen MR) is 89.0 cm³/mol. The number of carbonyl (C=O) groups is 1. The smallest absolute Gasteiger partial charge is 0.227 e. The molecule has 1 atom stereocenters. The first-order valence-electron chi connectivity index (χ1n) is 8.08. The maximum absolute atomic E-state index is 12.4. The van der Waals surface area contributed by atoms with Gasteiger partial charge in [0.15, 0.2) is 0 Å². The minimum Gasteiger partial charge on any atom is -0.361 e. The lowest BCUT2D eigenvalue weighted by Gasteiger charge is -2.35. The third-order valence-corrected chi connectivity index (χ3v) is 4.60. The molecule has 5 nitrogen and oxygen atoms in total. The molecule has 0 bridgehead atoms. The fraction of sp³-hybridized carbons (Fsp3) is 0.444. The van der Waals surface area contributed by atoms with Gasteiger partial charge in [0.2, 0.25) is 5.91 Å². The summed E-state index contributed by atoms with van der Waals surface area (Å²) in [5.74, 6) is 0.825. The van der Waals surface area contributed by atoms with E-state index >= 15 is 0 Å². The van der Waals surface area contributed by atoms with E-state index in [-0.39, 0.29) is 5.91 Å². The van der Waals surface area contributed by atoms with Crippen molar-refractivity contribution in [3.8, 4) is 11.3 Å². The van der Waals surface area contributed by atoms with Crippen LogP contribution in [0.25, 0.3) is 11.3 Å². The Morgan fingerprint density at radius 3 is 2.83 bits per heavy atom. The second-order valence-electron chi connectivity index (χ2n) is 6.36. The highest BCUT2D eigenvalue weighted by molar-refractivity contribution is 5.83. The van der Waals surface area contributed by atoms with Gasteiger partial charge in [-0.15, -0.1) is 0 Å². The third-order valence-electron chi connectivity index (χ3n) is 4.60. The number of piperidine rings is 1. The van der Waals surface area contributed by atoms with Crippen molar-refractivity contribution in [2.24, 2.45) is 5.41 Å². The molecule has 23 heavy (non-hydrogen) atoms. The molecule has 2 aromatic rings. The van der Waals surface area contributed by atoms with Gasteiger partial charge in [-0.25, -0.2) is 0 Å². The highest BCUT2D eigenvalue weighted by atomic mass is 16.5. The zero-order valence-electron chi connectivity index (χ0n) is 13.7. The summed E-state index contributed by atoms with van der Waals surface area (Å²) in [5.41, 5.74) is 2.61. The van der Waals surface area contributed by atoms with Gasteiger partial charge in [-0.05, 0) is 26.3 Å². The second kappa shape index (κ2) is 6.54. The van der Waals surface area contributed by atoms with Crippen molar-refractivity contribution in [1.29, 1.82) is 0 Å². The molecule has 1 amide bonds. The number of rotatable bonds is 4. The number of amides is 1. The number of carbonyl (C=O) groups excluding carboxylic acids is 1. The number of hydrogen-bond donors (Lipinski definition) is 2. The van der Waals surface area contributed by atoms with Crippen LogP contribution in [0.1, 0.15) is 24.2 Å². The van der Waals surface area contributed by atoms with E-state index in [9.17, 15) is 4.79 Å². The van der Waals surface area contributed by atoms with Crippen LogP contribution in [0.15, 0.2) is 34.9 Å². The van der Waals surface area contributed by atoms with Gasteiger partial charge in [-0.1, -0.05) is 35.0 Å². The topological polar surface area (TPSA) is 67.2 Å². The average Bonchev–Trinajstić information content (AvgIpc) is 3.04. The fourth-order valence-corrected chi connectivity index (χ4v) is 3.25. The zero-order chi connectivity index (χ0) is 16.3. The van der Waals surface area contributed by atoms with Crippen molar-refractivity contribution < 1.29 is 9.32 Å². The van der Waals surface area contributed by atoms with Gasteiger partial charge >= 0.3 is 0 Å². The molecule has 1 aliphatic rings. The van der Waals surface area contributed by atoms with Crippen LogP contribution in [0.5, 0.6) is 0 Å². The first-order chi connectivity index (χ1) is 11.1. The van der Waals surface area contributed by atoms with E-state index in [4.69, 9.17) is 4.52 Å². The fourth-order valence-electron chi connectivity index (χ4n) is 3.25. The first kappa shape index (κ1) is 15.7. The van der Waals surface area contributed by atoms with Crippen LogP contribution in [-0.2, 0) is 11.2 Å². The van der Waals surface area contributed by atoms with Gasteiger partial charge in [-0.2, -0.15) is 0 Å². The van der Waals surface area contributed by atoms with Crippen LogP contribution in [0, 0.1) is 12.3 Å². The molecular formula is C18H23N3O2. The molecule has 2 N–H and O–H groups in total. The molecule has 122 valence electrons. The lowest BCUT2D eigenvalue weighted by molar-refractivity contribution is -0.131. The highest BCUT2D eigenvalue weighted by Gasteiger charge is 2.40. The van der Waals surface area contributed by atoms with E-state index in [2.05, 4.69) is 34.8 Å². The maximum atomic E-state index is 12.4. The van der Waals surface area contributed by atoms with Crippen LogP contribution in [0.3, 0.4) is 0 Å². The predicted octanol–water partition coefficient (Wildman–Crippen LogP) is 2.31. The molecule has 1 aromatic carbocycles. The molecule has 0 aliphatic carbocycles. The van der Waals surface area contributed by atoms with Crippen molar-refractivity contribution in [2.45, 2.75) is 26.2 Å². The monoisotopic (exact) mass is 313 g/mol. The van der Waals surface area contributed by atoms with E-state index in [1.807, 2.05) is 18.2 Å². The molecule has 1 aromatic heterocycles. The second-order valence-corrected chi connectivity index (χ2v) is 6.36. The molecular weight excluding hydrogens is 290 g/mol. The standard InChI is InChI=1S/C18H23N3O2/c1-13-4-6-14(7-5-13)16-10-15(23-21-16)11-18(17(22)19-2)8-3-9-20-12-18/h4-7,10,20H,3,8-9,11-12H2,1-2H3,(H,19,22)/t18-/m1/s1.